The highest BCUT2D eigenvalue weighted by Gasteiger charge is 2.42. The van der Waals surface area contributed by atoms with Gasteiger partial charge < -0.3 is 15.4 Å². The van der Waals surface area contributed by atoms with Gasteiger partial charge in [0.1, 0.15) is 0 Å². The van der Waals surface area contributed by atoms with Crippen molar-refractivity contribution < 1.29 is 5.11 Å². The van der Waals surface area contributed by atoms with E-state index in [1.807, 2.05) is 17.7 Å². The third-order valence-electron chi connectivity index (χ3n) is 3.71. The summed E-state index contributed by atoms with van der Waals surface area (Å²) in [7, 11) is 0. The summed E-state index contributed by atoms with van der Waals surface area (Å²) in [6, 6.07) is 0. The van der Waals surface area contributed by atoms with Crippen LogP contribution in [0.1, 0.15) is 31.4 Å². The third-order valence-corrected chi connectivity index (χ3v) is 4.11. The molecule has 1 aromatic heterocycles. The average Bonchev–Trinajstić information content (AvgIpc) is 2.67. The largest absolute Gasteiger partial charge is 0.393 e. The van der Waals surface area contributed by atoms with Gasteiger partial charge in [-0.2, -0.15) is 0 Å². The van der Waals surface area contributed by atoms with Gasteiger partial charge in [-0.3, -0.25) is 0 Å². The molecule has 4 nitrogen and oxygen atoms in total. The van der Waals surface area contributed by atoms with Gasteiger partial charge >= 0.3 is 0 Å². The third kappa shape index (κ3) is 2.35. The lowest BCUT2D eigenvalue weighted by molar-refractivity contribution is 0.0241. The fraction of sp³-hybridized carbons (Fsp3) is 0.667. The monoisotopic (exact) mass is 253 g/mol. The standard InChI is InChI=1S/C12H19N3OS/c1-9-6-15(8-14-9)7-12(11(13)17)5-3-2-4-10(12)16/h6,8,10,16H,2-5,7H2,1H3,(H2,13,17). The second-order valence-corrected chi connectivity index (χ2v) is 5.41. The van der Waals surface area contributed by atoms with Crippen LogP contribution in [0.3, 0.4) is 0 Å². The number of thiocarbonyl (C=S) groups is 1. The molecule has 0 aromatic carbocycles. The van der Waals surface area contributed by atoms with Gasteiger partial charge in [0.15, 0.2) is 0 Å². The van der Waals surface area contributed by atoms with Crippen molar-refractivity contribution >= 4 is 17.2 Å². The number of imidazole rings is 1. The second-order valence-electron chi connectivity index (χ2n) is 4.97. The minimum atomic E-state index is -0.458. The first-order valence-electron chi connectivity index (χ1n) is 6.01. The highest BCUT2D eigenvalue weighted by atomic mass is 32.1. The zero-order valence-corrected chi connectivity index (χ0v) is 10.9. The summed E-state index contributed by atoms with van der Waals surface area (Å²) < 4.78 is 1.98. The van der Waals surface area contributed by atoms with Gasteiger partial charge in [-0.05, 0) is 19.8 Å². The van der Waals surface area contributed by atoms with Gasteiger partial charge in [-0.15, -0.1) is 0 Å². The van der Waals surface area contributed by atoms with Crippen molar-refractivity contribution in [1.29, 1.82) is 0 Å². The molecule has 2 atom stereocenters. The van der Waals surface area contributed by atoms with E-state index in [1.54, 1.807) is 6.33 Å². The molecule has 17 heavy (non-hydrogen) atoms. The van der Waals surface area contributed by atoms with E-state index < -0.39 is 11.5 Å². The van der Waals surface area contributed by atoms with Crippen LogP contribution in [0.2, 0.25) is 0 Å². The lowest BCUT2D eigenvalue weighted by Gasteiger charge is -2.40. The summed E-state index contributed by atoms with van der Waals surface area (Å²) >= 11 is 5.19. The molecule has 0 bridgehead atoms. The predicted octanol–water partition coefficient (Wildman–Crippen LogP) is 1.40. The molecule has 1 aliphatic carbocycles. The minimum absolute atomic E-state index is 0.427. The van der Waals surface area contributed by atoms with E-state index in [0.29, 0.717) is 11.5 Å². The Kier molecular flexibility index (Phi) is 3.49. The van der Waals surface area contributed by atoms with Crippen molar-refractivity contribution in [2.24, 2.45) is 11.1 Å². The van der Waals surface area contributed by atoms with Crippen LogP contribution in [0.5, 0.6) is 0 Å². The summed E-state index contributed by atoms with van der Waals surface area (Å²) in [6.07, 6.45) is 7.07. The molecule has 1 aromatic rings. The maximum Gasteiger partial charge on any atom is 0.0949 e. The maximum atomic E-state index is 10.3. The van der Waals surface area contributed by atoms with E-state index >= 15 is 0 Å². The molecule has 2 rings (SSSR count). The van der Waals surface area contributed by atoms with E-state index in [1.165, 1.54) is 0 Å². The number of rotatable bonds is 3. The first-order valence-corrected chi connectivity index (χ1v) is 6.42. The Morgan fingerprint density at radius 2 is 2.47 bits per heavy atom. The number of hydrogen-bond acceptors (Lipinski definition) is 3. The first-order chi connectivity index (χ1) is 8.04. The molecule has 2 unspecified atom stereocenters. The van der Waals surface area contributed by atoms with Crippen LogP contribution in [0.25, 0.3) is 0 Å². The summed E-state index contributed by atoms with van der Waals surface area (Å²) in [5, 5.41) is 10.3. The number of aliphatic hydroxyl groups is 1. The van der Waals surface area contributed by atoms with Crippen LogP contribution in [-0.4, -0.2) is 25.8 Å². The highest BCUT2D eigenvalue weighted by molar-refractivity contribution is 7.80. The fourth-order valence-electron chi connectivity index (χ4n) is 2.65. The van der Waals surface area contributed by atoms with Crippen molar-refractivity contribution in [3.63, 3.8) is 0 Å². The Bertz CT molecular complexity index is 418. The molecule has 1 aliphatic rings. The van der Waals surface area contributed by atoms with Gasteiger partial charge in [0.05, 0.1) is 28.5 Å². The van der Waals surface area contributed by atoms with Gasteiger partial charge in [0.25, 0.3) is 0 Å². The average molecular weight is 253 g/mol. The predicted molar refractivity (Wildman–Crippen MR) is 70.7 cm³/mol. The summed E-state index contributed by atoms with van der Waals surface area (Å²) in [5.74, 6) is 0. The zero-order valence-electron chi connectivity index (χ0n) is 10.1. The Hall–Kier alpha value is -0.940. The normalized spacial score (nSPS) is 29.2. The summed E-state index contributed by atoms with van der Waals surface area (Å²) in [5.41, 5.74) is 6.39. The topological polar surface area (TPSA) is 64.1 Å². The Labute approximate surface area is 107 Å². The number of nitrogens with two attached hydrogens (primary N) is 1. The molecule has 0 radical (unpaired) electrons. The number of aliphatic hydroxyl groups excluding tert-OH is 1. The van der Waals surface area contributed by atoms with Crippen LogP contribution in [0.4, 0.5) is 0 Å². The summed E-state index contributed by atoms with van der Waals surface area (Å²) in [6.45, 7) is 2.57. The Balaban J connectivity index is 2.25. The molecule has 0 spiro atoms. The van der Waals surface area contributed by atoms with E-state index in [9.17, 15) is 5.11 Å². The highest BCUT2D eigenvalue weighted by Crippen LogP contribution is 2.38. The lowest BCUT2D eigenvalue weighted by Crippen LogP contribution is -2.50. The van der Waals surface area contributed by atoms with Crippen molar-refractivity contribution in [3.05, 3.63) is 18.2 Å². The van der Waals surface area contributed by atoms with E-state index in [0.717, 1.165) is 31.4 Å². The minimum Gasteiger partial charge on any atom is -0.393 e. The van der Waals surface area contributed by atoms with Crippen LogP contribution in [0.15, 0.2) is 12.5 Å². The van der Waals surface area contributed by atoms with Gasteiger partial charge in [0.2, 0.25) is 0 Å². The first kappa shape index (κ1) is 12.5. The van der Waals surface area contributed by atoms with Gasteiger partial charge in [-0.25, -0.2) is 4.98 Å². The molecule has 0 aliphatic heterocycles. The fourth-order valence-corrected chi connectivity index (χ4v) is 2.96. The van der Waals surface area contributed by atoms with Crippen molar-refractivity contribution in [3.8, 4) is 0 Å². The van der Waals surface area contributed by atoms with Crippen LogP contribution >= 0.6 is 12.2 Å². The van der Waals surface area contributed by atoms with Crippen LogP contribution < -0.4 is 5.73 Å². The molecular formula is C12H19N3OS. The molecule has 1 saturated carbocycles. The number of hydrogen-bond donors (Lipinski definition) is 2. The van der Waals surface area contributed by atoms with E-state index in [-0.39, 0.29) is 0 Å². The smallest absolute Gasteiger partial charge is 0.0949 e. The van der Waals surface area contributed by atoms with Gasteiger partial charge in [-0.1, -0.05) is 25.1 Å². The SMILES string of the molecule is Cc1cn(CC2(C(N)=S)CCCCC2O)cn1. The van der Waals surface area contributed by atoms with Crippen LogP contribution in [-0.2, 0) is 6.54 Å². The molecule has 1 heterocycles. The van der Waals surface area contributed by atoms with Gasteiger partial charge in [0, 0.05) is 12.7 Å². The Morgan fingerprint density at radius 3 is 3.00 bits per heavy atom. The quantitative estimate of drug-likeness (QED) is 0.799. The van der Waals surface area contributed by atoms with Crippen molar-refractivity contribution in [2.75, 3.05) is 0 Å². The molecule has 0 amide bonds. The molecule has 94 valence electrons. The molecule has 5 heteroatoms. The van der Waals surface area contributed by atoms with E-state index in [4.69, 9.17) is 18.0 Å². The number of aryl methyl sites for hydroxylation is 1. The van der Waals surface area contributed by atoms with Crippen molar-refractivity contribution in [2.45, 2.75) is 45.3 Å². The lowest BCUT2D eigenvalue weighted by atomic mass is 9.71. The molecule has 0 saturated heterocycles. The van der Waals surface area contributed by atoms with Crippen LogP contribution in [0, 0.1) is 12.3 Å². The summed E-state index contributed by atoms with van der Waals surface area (Å²) in [4.78, 5) is 4.62. The molecule has 1 fully saturated rings. The second kappa shape index (κ2) is 4.74. The molecule has 3 N–H and O–H groups in total. The Morgan fingerprint density at radius 1 is 1.71 bits per heavy atom. The van der Waals surface area contributed by atoms with Crippen molar-refractivity contribution in [1.82, 2.24) is 9.55 Å². The molecular weight excluding hydrogens is 234 g/mol. The zero-order chi connectivity index (χ0) is 12.5. The maximum absolute atomic E-state index is 10.3. The number of nitrogens with zero attached hydrogens (tertiary/aromatic N) is 2. The number of aromatic nitrogens is 2. The van der Waals surface area contributed by atoms with E-state index in [2.05, 4.69) is 4.98 Å².